The SMILES string of the molecule is COc1cccc(C(=O)/C(C#N)=C/c2ccccc2OC(F)F)c1. The van der Waals surface area contributed by atoms with Crippen LogP contribution in [0.5, 0.6) is 11.5 Å². The van der Waals surface area contributed by atoms with Crippen molar-refractivity contribution in [3.8, 4) is 17.6 Å². The molecule has 2 aromatic rings. The van der Waals surface area contributed by atoms with Crippen LogP contribution in [0.25, 0.3) is 6.08 Å². The highest BCUT2D eigenvalue weighted by Gasteiger charge is 2.15. The summed E-state index contributed by atoms with van der Waals surface area (Å²) in [6.45, 7) is -3.00. The Balaban J connectivity index is 2.39. The van der Waals surface area contributed by atoms with Crippen molar-refractivity contribution in [2.24, 2.45) is 0 Å². The number of rotatable bonds is 6. The third kappa shape index (κ3) is 4.17. The third-order valence-corrected chi connectivity index (χ3v) is 3.13. The predicted molar refractivity (Wildman–Crippen MR) is 84.0 cm³/mol. The Bertz CT molecular complexity index is 810. The van der Waals surface area contributed by atoms with Crippen LogP contribution in [0.1, 0.15) is 15.9 Å². The highest BCUT2D eigenvalue weighted by atomic mass is 19.3. The summed E-state index contributed by atoms with van der Waals surface area (Å²) in [6, 6.07) is 14.0. The largest absolute Gasteiger partial charge is 0.497 e. The van der Waals surface area contributed by atoms with Crippen molar-refractivity contribution >= 4 is 11.9 Å². The van der Waals surface area contributed by atoms with Crippen LogP contribution in [-0.2, 0) is 0 Å². The summed E-state index contributed by atoms with van der Waals surface area (Å²) in [5.74, 6) is -0.179. The number of nitrogens with zero attached hydrogens (tertiary/aromatic N) is 1. The molecule has 0 N–H and O–H groups in total. The molecule has 0 bridgehead atoms. The van der Waals surface area contributed by atoms with E-state index in [-0.39, 0.29) is 22.4 Å². The molecule has 4 nitrogen and oxygen atoms in total. The summed E-state index contributed by atoms with van der Waals surface area (Å²) in [5, 5.41) is 9.26. The molecular weight excluding hydrogens is 316 g/mol. The number of para-hydroxylation sites is 1. The van der Waals surface area contributed by atoms with E-state index in [0.717, 1.165) is 0 Å². The van der Waals surface area contributed by atoms with Gasteiger partial charge in [0, 0.05) is 11.1 Å². The maximum Gasteiger partial charge on any atom is 0.387 e. The zero-order valence-corrected chi connectivity index (χ0v) is 12.7. The molecule has 0 aliphatic carbocycles. The van der Waals surface area contributed by atoms with Crippen LogP contribution in [0.3, 0.4) is 0 Å². The Morgan fingerprint density at radius 2 is 1.96 bits per heavy atom. The lowest BCUT2D eigenvalue weighted by Gasteiger charge is -2.08. The Kier molecular flexibility index (Phi) is 5.63. The third-order valence-electron chi connectivity index (χ3n) is 3.13. The van der Waals surface area contributed by atoms with Gasteiger partial charge in [0.1, 0.15) is 23.1 Å². The van der Waals surface area contributed by atoms with Gasteiger partial charge in [0.15, 0.2) is 0 Å². The van der Waals surface area contributed by atoms with Gasteiger partial charge in [-0.2, -0.15) is 14.0 Å². The molecule has 6 heteroatoms. The fourth-order valence-corrected chi connectivity index (χ4v) is 2.03. The van der Waals surface area contributed by atoms with Crippen molar-refractivity contribution < 1.29 is 23.0 Å². The van der Waals surface area contributed by atoms with E-state index in [1.54, 1.807) is 24.3 Å². The molecule has 0 radical (unpaired) electrons. The van der Waals surface area contributed by atoms with Gasteiger partial charge in [0.25, 0.3) is 0 Å². The molecule has 122 valence electrons. The van der Waals surface area contributed by atoms with Crippen LogP contribution < -0.4 is 9.47 Å². The second kappa shape index (κ2) is 7.88. The fourth-order valence-electron chi connectivity index (χ4n) is 2.03. The number of nitriles is 1. The normalized spacial score (nSPS) is 11.0. The first-order valence-electron chi connectivity index (χ1n) is 6.89. The summed E-state index contributed by atoms with van der Waals surface area (Å²) in [4.78, 5) is 12.4. The molecule has 0 aromatic heterocycles. The lowest BCUT2D eigenvalue weighted by atomic mass is 10.0. The van der Waals surface area contributed by atoms with E-state index >= 15 is 0 Å². The summed E-state index contributed by atoms with van der Waals surface area (Å²) in [6.07, 6.45) is 1.22. The lowest BCUT2D eigenvalue weighted by molar-refractivity contribution is -0.0499. The highest BCUT2D eigenvalue weighted by Crippen LogP contribution is 2.24. The minimum absolute atomic E-state index is 0.112. The zero-order valence-electron chi connectivity index (χ0n) is 12.7. The number of hydrogen-bond acceptors (Lipinski definition) is 4. The Morgan fingerprint density at radius 3 is 2.62 bits per heavy atom. The molecule has 0 unspecified atom stereocenters. The number of Topliss-reactive ketones (excluding diaryl/α,β-unsaturated/α-hetero) is 1. The number of carbonyl (C=O) groups excluding carboxylic acids is 1. The molecule has 0 heterocycles. The molecule has 2 rings (SSSR count). The number of benzene rings is 2. The summed E-state index contributed by atoms with van der Waals surface area (Å²) < 4.78 is 34.3. The van der Waals surface area contributed by atoms with Crippen molar-refractivity contribution in [2.45, 2.75) is 6.61 Å². The smallest absolute Gasteiger partial charge is 0.387 e. The zero-order chi connectivity index (χ0) is 17.5. The van der Waals surface area contributed by atoms with E-state index in [9.17, 15) is 18.8 Å². The first-order valence-corrected chi connectivity index (χ1v) is 6.89. The van der Waals surface area contributed by atoms with Gasteiger partial charge in [-0.05, 0) is 24.3 Å². The molecule has 0 aliphatic rings. The molecule has 0 fully saturated rings. The van der Waals surface area contributed by atoms with E-state index in [4.69, 9.17) is 4.74 Å². The monoisotopic (exact) mass is 329 g/mol. The van der Waals surface area contributed by atoms with Gasteiger partial charge in [-0.3, -0.25) is 4.79 Å². The van der Waals surface area contributed by atoms with Crippen molar-refractivity contribution in [1.29, 1.82) is 5.26 Å². The number of ether oxygens (including phenoxy) is 2. The minimum Gasteiger partial charge on any atom is -0.497 e. The van der Waals surface area contributed by atoms with Crippen LogP contribution in [0.2, 0.25) is 0 Å². The van der Waals surface area contributed by atoms with Crippen LogP contribution in [0.4, 0.5) is 8.78 Å². The van der Waals surface area contributed by atoms with Crippen LogP contribution >= 0.6 is 0 Å². The van der Waals surface area contributed by atoms with E-state index < -0.39 is 12.4 Å². The number of allylic oxidation sites excluding steroid dienone is 1. The van der Waals surface area contributed by atoms with Crippen LogP contribution in [-0.4, -0.2) is 19.5 Å². The number of halogens is 2. The molecule has 0 saturated heterocycles. The average Bonchev–Trinajstić information content (AvgIpc) is 2.60. The highest BCUT2D eigenvalue weighted by molar-refractivity contribution is 6.14. The molecule has 2 aromatic carbocycles. The van der Waals surface area contributed by atoms with Gasteiger partial charge >= 0.3 is 6.61 Å². The summed E-state index contributed by atoms with van der Waals surface area (Å²) in [5.41, 5.74) is 0.272. The Labute approximate surface area is 137 Å². The standard InChI is InChI=1S/C18H13F2NO3/c1-23-15-7-4-6-13(10-15)17(22)14(11-21)9-12-5-2-3-8-16(12)24-18(19)20/h2-10,18H,1H3/b14-9+. The quantitative estimate of drug-likeness (QED) is 0.455. The fraction of sp³-hybridized carbons (Fsp3) is 0.111. The second-order valence-corrected chi connectivity index (χ2v) is 4.65. The van der Waals surface area contributed by atoms with Gasteiger partial charge in [0.05, 0.1) is 7.11 Å². The average molecular weight is 329 g/mol. The first-order chi connectivity index (χ1) is 11.5. The maximum atomic E-state index is 12.4. The maximum absolute atomic E-state index is 12.4. The van der Waals surface area contributed by atoms with Gasteiger partial charge in [-0.15, -0.1) is 0 Å². The van der Waals surface area contributed by atoms with E-state index in [1.807, 2.05) is 0 Å². The number of carbonyl (C=O) groups is 1. The summed E-state index contributed by atoms with van der Waals surface area (Å²) >= 11 is 0. The number of hydrogen-bond donors (Lipinski definition) is 0. The van der Waals surface area contributed by atoms with Crippen molar-refractivity contribution in [3.05, 3.63) is 65.2 Å². The number of alkyl halides is 2. The van der Waals surface area contributed by atoms with E-state index in [0.29, 0.717) is 5.75 Å². The first kappa shape index (κ1) is 17.2. The molecule has 0 spiro atoms. The van der Waals surface area contributed by atoms with Crippen molar-refractivity contribution in [1.82, 2.24) is 0 Å². The van der Waals surface area contributed by atoms with Gasteiger partial charge < -0.3 is 9.47 Å². The van der Waals surface area contributed by atoms with E-state index in [2.05, 4.69) is 4.74 Å². The van der Waals surface area contributed by atoms with Crippen LogP contribution in [0, 0.1) is 11.3 Å². The second-order valence-electron chi connectivity index (χ2n) is 4.65. The number of methoxy groups -OCH3 is 1. The van der Waals surface area contributed by atoms with Crippen molar-refractivity contribution in [3.63, 3.8) is 0 Å². The van der Waals surface area contributed by atoms with Crippen LogP contribution in [0.15, 0.2) is 54.1 Å². The molecular formula is C18H13F2NO3. The molecule has 0 atom stereocenters. The molecule has 0 aliphatic heterocycles. The number of ketones is 1. The Morgan fingerprint density at radius 1 is 1.21 bits per heavy atom. The van der Waals surface area contributed by atoms with E-state index in [1.165, 1.54) is 43.5 Å². The molecule has 0 saturated carbocycles. The topological polar surface area (TPSA) is 59.3 Å². The van der Waals surface area contributed by atoms with Gasteiger partial charge in [-0.25, -0.2) is 0 Å². The van der Waals surface area contributed by atoms with Gasteiger partial charge in [0.2, 0.25) is 5.78 Å². The van der Waals surface area contributed by atoms with Crippen molar-refractivity contribution in [2.75, 3.05) is 7.11 Å². The van der Waals surface area contributed by atoms with Gasteiger partial charge in [-0.1, -0.05) is 30.3 Å². The lowest BCUT2D eigenvalue weighted by Crippen LogP contribution is -2.05. The predicted octanol–water partition coefficient (Wildman–Crippen LogP) is 4.09. The molecule has 0 amide bonds. The minimum atomic E-state index is -3.00. The summed E-state index contributed by atoms with van der Waals surface area (Å²) in [7, 11) is 1.46. The molecule has 24 heavy (non-hydrogen) atoms. The Hall–Kier alpha value is -3.20.